The molecule has 0 aromatic heterocycles. The number of nitrogens with zero attached hydrogens (tertiary/aromatic N) is 1. The quantitative estimate of drug-likeness (QED) is 0.860. The van der Waals surface area contributed by atoms with Gasteiger partial charge in [0.25, 0.3) is 0 Å². The molecular formula is C17H32N2O. The van der Waals surface area contributed by atoms with Crippen LogP contribution in [0.25, 0.3) is 0 Å². The lowest BCUT2D eigenvalue weighted by Crippen LogP contribution is -2.59. The Morgan fingerprint density at radius 3 is 2.30 bits per heavy atom. The summed E-state index contributed by atoms with van der Waals surface area (Å²) in [4.78, 5) is 15.2. The Morgan fingerprint density at radius 1 is 1.05 bits per heavy atom. The van der Waals surface area contributed by atoms with Crippen LogP contribution in [0.2, 0.25) is 0 Å². The minimum absolute atomic E-state index is 0.306. The third-order valence-electron chi connectivity index (χ3n) is 5.20. The van der Waals surface area contributed by atoms with Crippen molar-refractivity contribution in [3.05, 3.63) is 0 Å². The van der Waals surface area contributed by atoms with Crippen LogP contribution in [0.1, 0.15) is 71.6 Å². The van der Waals surface area contributed by atoms with E-state index < -0.39 is 0 Å². The molecule has 3 heteroatoms. The molecule has 1 saturated carbocycles. The first-order valence-electron chi connectivity index (χ1n) is 8.80. The molecule has 0 radical (unpaired) electrons. The molecule has 2 atom stereocenters. The van der Waals surface area contributed by atoms with Gasteiger partial charge in [-0.15, -0.1) is 0 Å². The number of carbonyl (C=O) groups excluding carboxylic acids is 1. The van der Waals surface area contributed by atoms with Gasteiger partial charge >= 0.3 is 0 Å². The van der Waals surface area contributed by atoms with E-state index in [1.807, 2.05) is 0 Å². The summed E-state index contributed by atoms with van der Waals surface area (Å²) in [6.45, 7) is 6.32. The summed E-state index contributed by atoms with van der Waals surface area (Å²) in [5, 5.41) is 3.59. The van der Waals surface area contributed by atoms with Gasteiger partial charge in [0.05, 0.1) is 0 Å². The summed E-state index contributed by atoms with van der Waals surface area (Å²) >= 11 is 0. The van der Waals surface area contributed by atoms with Crippen molar-refractivity contribution in [3.8, 4) is 0 Å². The molecule has 1 aliphatic carbocycles. The highest BCUT2D eigenvalue weighted by Crippen LogP contribution is 2.26. The Morgan fingerprint density at radius 2 is 1.70 bits per heavy atom. The number of hydrogen-bond donors (Lipinski definition) is 1. The minimum atomic E-state index is 0.306. The van der Waals surface area contributed by atoms with Crippen LogP contribution in [0.5, 0.6) is 0 Å². The maximum absolute atomic E-state index is 12.9. The molecule has 2 unspecified atom stereocenters. The van der Waals surface area contributed by atoms with E-state index in [2.05, 4.69) is 24.1 Å². The van der Waals surface area contributed by atoms with Crippen LogP contribution in [0.3, 0.4) is 0 Å². The molecule has 0 spiro atoms. The summed E-state index contributed by atoms with van der Waals surface area (Å²) in [6, 6.07) is 0.908. The zero-order valence-corrected chi connectivity index (χ0v) is 13.4. The molecule has 1 aliphatic heterocycles. The van der Waals surface area contributed by atoms with Gasteiger partial charge in [0.1, 0.15) is 0 Å². The lowest BCUT2D eigenvalue weighted by molar-refractivity contribution is -0.140. The van der Waals surface area contributed by atoms with E-state index in [9.17, 15) is 4.79 Å². The molecule has 0 bridgehead atoms. The number of rotatable bonds is 3. The molecular weight excluding hydrogens is 248 g/mol. The van der Waals surface area contributed by atoms with Crippen molar-refractivity contribution < 1.29 is 4.79 Å². The second kappa shape index (κ2) is 8.02. The molecule has 2 aliphatic rings. The molecule has 1 amide bonds. The number of hydrogen-bond acceptors (Lipinski definition) is 2. The summed E-state index contributed by atoms with van der Waals surface area (Å²) in [6.07, 6.45) is 10.9. The number of piperazine rings is 1. The van der Waals surface area contributed by atoms with Crippen LogP contribution >= 0.6 is 0 Å². The smallest absolute Gasteiger partial charge is 0.226 e. The Hall–Kier alpha value is -0.570. The van der Waals surface area contributed by atoms with Crippen LogP contribution in [0.15, 0.2) is 0 Å². The average Bonchev–Trinajstić information content (AvgIpc) is 2.45. The highest BCUT2D eigenvalue weighted by Gasteiger charge is 2.33. The van der Waals surface area contributed by atoms with Crippen LogP contribution in [0, 0.1) is 5.92 Å². The number of carbonyl (C=O) groups is 1. The Kier molecular flexibility index (Phi) is 6.34. The summed E-state index contributed by atoms with van der Waals surface area (Å²) in [5.74, 6) is 0.763. The fraction of sp³-hybridized carbons (Fsp3) is 0.941. The summed E-state index contributed by atoms with van der Waals surface area (Å²) in [7, 11) is 0. The van der Waals surface area contributed by atoms with Crippen LogP contribution in [-0.2, 0) is 4.79 Å². The molecule has 0 aromatic rings. The predicted molar refractivity (Wildman–Crippen MR) is 83.7 cm³/mol. The van der Waals surface area contributed by atoms with Gasteiger partial charge < -0.3 is 10.2 Å². The second-order valence-corrected chi connectivity index (χ2v) is 6.61. The topological polar surface area (TPSA) is 32.3 Å². The molecule has 2 rings (SSSR count). The zero-order chi connectivity index (χ0) is 14.4. The SMILES string of the molecule is CCC1CN(C(=O)C2CCCCCCC2)C(CC)CN1. The predicted octanol–water partition coefficient (Wildman–Crippen LogP) is 3.34. The standard InChI is InChI=1S/C17H32N2O/c1-3-15-13-19(16(4-2)12-18-15)17(20)14-10-8-6-5-7-9-11-14/h14-16,18H,3-13H2,1-2H3. The molecule has 0 aromatic carbocycles. The van der Waals surface area contributed by atoms with Gasteiger partial charge in [-0.1, -0.05) is 46.0 Å². The van der Waals surface area contributed by atoms with Crippen LogP contribution < -0.4 is 5.32 Å². The van der Waals surface area contributed by atoms with Gasteiger partial charge in [-0.2, -0.15) is 0 Å². The van der Waals surface area contributed by atoms with Crippen molar-refractivity contribution in [2.75, 3.05) is 13.1 Å². The highest BCUT2D eigenvalue weighted by atomic mass is 16.2. The second-order valence-electron chi connectivity index (χ2n) is 6.61. The van der Waals surface area contributed by atoms with Crippen molar-refractivity contribution in [1.82, 2.24) is 10.2 Å². The molecule has 116 valence electrons. The van der Waals surface area contributed by atoms with Crippen molar-refractivity contribution in [2.45, 2.75) is 83.7 Å². The third kappa shape index (κ3) is 3.97. The molecule has 20 heavy (non-hydrogen) atoms. The van der Waals surface area contributed by atoms with Crippen LogP contribution in [-0.4, -0.2) is 36.0 Å². The molecule has 2 fully saturated rings. The fourth-order valence-electron chi connectivity index (χ4n) is 3.71. The summed E-state index contributed by atoms with van der Waals surface area (Å²) in [5.41, 5.74) is 0. The first-order valence-corrected chi connectivity index (χ1v) is 8.80. The van der Waals surface area contributed by atoms with Gasteiger partial charge in [-0.25, -0.2) is 0 Å². The monoisotopic (exact) mass is 280 g/mol. The lowest BCUT2D eigenvalue weighted by Gasteiger charge is -2.41. The van der Waals surface area contributed by atoms with E-state index in [1.54, 1.807) is 0 Å². The normalized spacial score (nSPS) is 29.8. The Bertz CT molecular complexity index is 297. The summed E-state index contributed by atoms with van der Waals surface area (Å²) < 4.78 is 0. The maximum atomic E-state index is 12.9. The third-order valence-corrected chi connectivity index (χ3v) is 5.20. The minimum Gasteiger partial charge on any atom is -0.337 e. The Balaban J connectivity index is 1.99. The van der Waals surface area contributed by atoms with Gasteiger partial charge in [0.15, 0.2) is 0 Å². The van der Waals surface area contributed by atoms with Crippen molar-refractivity contribution in [1.29, 1.82) is 0 Å². The van der Waals surface area contributed by atoms with Crippen LogP contribution in [0.4, 0.5) is 0 Å². The fourth-order valence-corrected chi connectivity index (χ4v) is 3.71. The van der Waals surface area contributed by atoms with E-state index in [-0.39, 0.29) is 0 Å². The largest absolute Gasteiger partial charge is 0.337 e. The van der Waals surface area contributed by atoms with Gasteiger partial charge in [-0.3, -0.25) is 4.79 Å². The zero-order valence-electron chi connectivity index (χ0n) is 13.4. The highest BCUT2D eigenvalue weighted by molar-refractivity contribution is 5.79. The lowest BCUT2D eigenvalue weighted by atomic mass is 9.89. The Labute approximate surface area is 124 Å². The van der Waals surface area contributed by atoms with E-state index in [4.69, 9.17) is 0 Å². The molecule has 1 N–H and O–H groups in total. The van der Waals surface area contributed by atoms with E-state index in [0.717, 1.165) is 38.8 Å². The molecule has 3 nitrogen and oxygen atoms in total. The molecule has 1 saturated heterocycles. The van der Waals surface area contributed by atoms with E-state index in [0.29, 0.717) is 23.9 Å². The van der Waals surface area contributed by atoms with Gasteiger partial charge in [-0.05, 0) is 25.7 Å². The van der Waals surface area contributed by atoms with Gasteiger partial charge in [0, 0.05) is 31.1 Å². The van der Waals surface area contributed by atoms with E-state index in [1.165, 1.54) is 32.1 Å². The number of amides is 1. The average molecular weight is 280 g/mol. The maximum Gasteiger partial charge on any atom is 0.226 e. The number of nitrogens with one attached hydrogen (secondary N) is 1. The van der Waals surface area contributed by atoms with E-state index >= 15 is 0 Å². The van der Waals surface area contributed by atoms with Crippen molar-refractivity contribution in [2.24, 2.45) is 5.92 Å². The van der Waals surface area contributed by atoms with Crippen molar-refractivity contribution >= 4 is 5.91 Å². The molecule has 1 heterocycles. The first kappa shape index (κ1) is 15.8. The first-order chi connectivity index (χ1) is 9.76. The van der Waals surface area contributed by atoms with Crippen molar-refractivity contribution in [3.63, 3.8) is 0 Å². The van der Waals surface area contributed by atoms with Gasteiger partial charge in [0.2, 0.25) is 5.91 Å².